The van der Waals surface area contributed by atoms with Crippen LogP contribution in [0.1, 0.15) is 44.1 Å². The second-order valence-corrected chi connectivity index (χ2v) is 6.94. The summed E-state index contributed by atoms with van der Waals surface area (Å²) in [6.07, 6.45) is 8.87. The van der Waals surface area contributed by atoms with Crippen LogP contribution >= 0.6 is 0 Å². The SMILES string of the molecule is C/C=C/CCC1CCC(c2ccc(-c3ccc(OC)c(F)c3F)cc2)CO1. The van der Waals surface area contributed by atoms with Crippen molar-refractivity contribution in [3.05, 3.63) is 65.7 Å². The monoisotopic (exact) mass is 372 g/mol. The van der Waals surface area contributed by atoms with Crippen molar-refractivity contribution in [2.45, 2.75) is 44.6 Å². The van der Waals surface area contributed by atoms with E-state index in [1.54, 1.807) is 6.07 Å². The maximum Gasteiger partial charge on any atom is 0.201 e. The van der Waals surface area contributed by atoms with Gasteiger partial charge < -0.3 is 9.47 Å². The van der Waals surface area contributed by atoms with Gasteiger partial charge in [0.2, 0.25) is 5.82 Å². The highest BCUT2D eigenvalue weighted by atomic mass is 19.2. The molecule has 1 aliphatic heterocycles. The molecule has 2 nitrogen and oxygen atoms in total. The highest BCUT2D eigenvalue weighted by Gasteiger charge is 2.23. The Morgan fingerprint density at radius 2 is 1.85 bits per heavy atom. The molecule has 0 bridgehead atoms. The third kappa shape index (κ3) is 4.56. The van der Waals surface area contributed by atoms with Gasteiger partial charge in [0.25, 0.3) is 0 Å². The Hall–Kier alpha value is -2.20. The molecule has 144 valence electrons. The first-order valence-electron chi connectivity index (χ1n) is 9.49. The van der Waals surface area contributed by atoms with E-state index in [1.165, 1.54) is 18.7 Å². The zero-order valence-corrected chi connectivity index (χ0v) is 15.9. The fourth-order valence-corrected chi connectivity index (χ4v) is 3.59. The van der Waals surface area contributed by atoms with E-state index in [0.717, 1.165) is 25.7 Å². The second kappa shape index (κ2) is 9.14. The van der Waals surface area contributed by atoms with Crippen LogP contribution in [0.25, 0.3) is 11.1 Å². The van der Waals surface area contributed by atoms with Crippen molar-refractivity contribution in [3.8, 4) is 16.9 Å². The summed E-state index contributed by atoms with van der Waals surface area (Å²) in [5, 5.41) is 0. The zero-order valence-electron chi connectivity index (χ0n) is 15.9. The molecule has 0 spiro atoms. The molecule has 2 aromatic carbocycles. The first kappa shape index (κ1) is 19.6. The Balaban J connectivity index is 1.66. The summed E-state index contributed by atoms with van der Waals surface area (Å²) in [7, 11) is 1.32. The molecule has 0 radical (unpaired) electrons. The van der Waals surface area contributed by atoms with Crippen molar-refractivity contribution in [3.63, 3.8) is 0 Å². The summed E-state index contributed by atoms with van der Waals surface area (Å²) in [6, 6.07) is 10.7. The zero-order chi connectivity index (χ0) is 19.2. The first-order chi connectivity index (χ1) is 13.1. The number of halogens is 2. The molecule has 2 atom stereocenters. The number of ether oxygens (including phenoxy) is 2. The third-order valence-corrected chi connectivity index (χ3v) is 5.22. The van der Waals surface area contributed by atoms with Crippen LogP contribution in [-0.4, -0.2) is 19.8 Å². The Labute approximate surface area is 159 Å². The Morgan fingerprint density at radius 3 is 2.48 bits per heavy atom. The molecule has 0 saturated carbocycles. The van der Waals surface area contributed by atoms with Gasteiger partial charge in [-0.2, -0.15) is 4.39 Å². The minimum Gasteiger partial charge on any atom is -0.494 e. The van der Waals surface area contributed by atoms with Gasteiger partial charge in [-0.25, -0.2) is 4.39 Å². The molecule has 2 unspecified atom stereocenters. The summed E-state index contributed by atoms with van der Waals surface area (Å²) < 4.78 is 39.1. The molecule has 1 saturated heterocycles. The van der Waals surface area contributed by atoms with Gasteiger partial charge in [0.1, 0.15) is 0 Å². The van der Waals surface area contributed by atoms with E-state index in [0.29, 0.717) is 24.2 Å². The van der Waals surface area contributed by atoms with Gasteiger partial charge in [0.05, 0.1) is 19.8 Å². The lowest BCUT2D eigenvalue weighted by molar-refractivity contribution is -0.000184. The van der Waals surface area contributed by atoms with Crippen molar-refractivity contribution in [1.82, 2.24) is 0 Å². The molecule has 4 heteroatoms. The Morgan fingerprint density at radius 1 is 1.07 bits per heavy atom. The predicted molar refractivity (Wildman–Crippen MR) is 104 cm³/mol. The highest BCUT2D eigenvalue weighted by molar-refractivity contribution is 5.65. The van der Waals surface area contributed by atoms with Gasteiger partial charge in [0, 0.05) is 11.5 Å². The molecule has 1 fully saturated rings. The summed E-state index contributed by atoms with van der Waals surface area (Å²) >= 11 is 0. The highest BCUT2D eigenvalue weighted by Crippen LogP contribution is 2.33. The fraction of sp³-hybridized carbons (Fsp3) is 0.391. The number of hydrogen-bond donors (Lipinski definition) is 0. The van der Waals surface area contributed by atoms with Crippen LogP contribution in [0.5, 0.6) is 5.75 Å². The Kier molecular flexibility index (Phi) is 6.62. The number of rotatable bonds is 6. The minimum absolute atomic E-state index is 0.0868. The quantitative estimate of drug-likeness (QED) is 0.557. The van der Waals surface area contributed by atoms with E-state index in [4.69, 9.17) is 9.47 Å². The molecule has 0 amide bonds. The predicted octanol–water partition coefficient (Wildman–Crippen LogP) is 6.26. The van der Waals surface area contributed by atoms with Gasteiger partial charge in [-0.3, -0.25) is 0 Å². The van der Waals surface area contributed by atoms with Gasteiger partial charge in [0.15, 0.2) is 11.6 Å². The van der Waals surface area contributed by atoms with E-state index in [9.17, 15) is 8.78 Å². The smallest absolute Gasteiger partial charge is 0.201 e. The number of hydrogen-bond acceptors (Lipinski definition) is 2. The lowest BCUT2D eigenvalue weighted by Crippen LogP contribution is -2.24. The summed E-state index contributed by atoms with van der Waals surface area (Å²) in [6.45, 7) is 2.75. The second-order valence-electron chi connectivity index (χ2n) is 6.94. The van der Waals surface area contributed by atoms with Gasteiger partial charge in [-0.15, -0.1) is 0 Å². The van der Waals surface area contributed by atoms with E-state index in [-0.39, 0.29) is 11.3 Å². The van der Waals surface area contributed by atoms with Crippen LogP contribution in [-0.2, 0) is 4.74 Å². The maximum absolute atomic E-state index is 14.3. The van der Waals surface area contributed by atoms with Crippen molar-refractivity contribution in [2.24, 2.45) is 0 Å². The van der Waals surface area contributed by atoms with Crippen LogP contribution in [0.4, 0.5) is 8.78 Å². The van der Waals surface area contributed by atoms with Crippen LogP contribution in [0, 0.1) is 11.6 Å². The molecule has 3 rings (SSSR count). The fourth-order valence-electron chi connectivity index (χ4n) is 3.59. The maximum atomic E-state index is 14.3. The average molecular weight is 372 g/mol. The average Bonchev–Trinajstić information content (AvgIpc) is 2.71. The largest absolute Gasteiger partial charge is 0.494 e. The number of methoxy groups -OCH3 is 1. The molecule has 27 heavy (non-hydrogen) atoms. The lowest BCUT2D eigenvalue weighted by Gasteiger charge is -2.29. The van der Waals surface area contributed by atoms with E-state index >= 15 is 0 Å². The van der Waals surface area contributed by atoms with Gasteiger partial charge in [-0.1, -0.05) is 36.4 Å². The topological polar surface area (TPSA) is 18.5 Å². The molecule has 0 aromatic heterocycles. The Bertz CT molecular complexity index is 776. The molecule has 1 aliphatic rings. The first-order valence-corrected chi connectivity index (χ1v) is 9.49. The van der Waals surface area contributed by atoms with Gasteiger partial charge >= 0.3 is 0 Å². The molecular weight excluding hydrogens is 346 g/mol. The standard InChI is InChI=1S/C23H26F2O2/c1-3-4-5-6-19-12-11-18(15-27-19)16-7-9-17(10-8-16)20-13-14-21(26-2)23(25)22(20)24/h3-4,7-10,13-14,18-19H,5-6,11-12,15H2,1-2H3/b4-3+. The lowest BCUT2D eigenvalue weighted by atomic mass is 9.89. The normalized spacial score (nSPS) is 20.1. The van der Waals surface area contributed by atoms with Crippen molar-refractivity contribution in [2.75, 3.05) is 13.7 Å². The van der Waals surface area contributed by atoms with Crippen LogP contribution in [0.3, 0.4) is 0 Å². The van der Waals surface area contributed by atoms with Crippen LogP contribution in [0.2, 0.25) is 0 Å². The molecular formula is C23H26F2O2. The number of benzene rings is 2. The summed E-state index contributed by atoms with van der Waals surface area (Å²) in [4.78, 5) is 0. The van der Waals surface area contributed by atoms with Crippen LogP contribution < -0.4 is 4.74 Å². The summed E-state index contributed by atoms with van der Waals surface area (Å²) in [5.41, 5.74) is 2.07. The van der Waals surface area contributed by atoms with E-state index in [2.05, 4.69) is 12.2 Å². The number of allylic oxidation sites excluding steroid dienone is 2. The molecule has 1 heterocycles. The molecule has 0 aliphatic carbocycles. The van der Waals surface area contributed by atoms with Crippen LogP contribution in [0.15, 0.2) is 48.6 Å². The summed E-state index contributed by atoms with van der Waals surface area (Å²) in [5.74, 6) is -1.57. The third-order valence-electron chi connectivity index (χ3n) is 5.22. The van der Waals surface area contributed by atoms with Crippen molar-refractivity contribution < 1.29 is 18.3 Å². The minimum atomic E-state index is -0.955. The van der Waals surface area contributed by atoms with Crippen molar-refractivity contribution in [1.29, 1.82) is 0 Å². The molecule has 2 aromatic rings. The van der Waals surface area contributed by atoms with Crippen molar-refractivity contribution >= 4 is 0 Å². The van der Waals surface area contributed by atoms with E-state index < -0.39 is 11.6 Å². The molecule has 0 N–H and O–H groups in total. The van der Waals surface area contributed by atoms with Gasteiger partial charge in [-0.05, 0) is 55.9 Å². The van der Waals surface area contributed by atoms with E-state index in [1.807, 2.05) is 31.2 Å².